The Morgan fingerprint density at radius 2 is 1.95 bits per heavy atom. The van der Waals surface area contributed by atoms with Crippen LogP contribution in [0.2, 0.25) is 0 Å². The second-order valence-corrected chi connectivity index (χ2v) is 9.13. The van der Waals surface area contributed by atoms with Crippen LogP contribution >= 0.6 is 0 Å². The van der Waals surface area contributed by atoms with Crippen LogP contribution in [-0.4, -0.2) is 48.3 Å². The molecule has 2 aliphatic heterocycles. The third kappa shape index (κ3) is 4.43. The van der Waals surface area contributed by atoms with Crippen molar-refractivity contribution in [1.29, 1.82) is 0 Å². The Morgan fingerprint density at radius 1 is 1.29 bits per heavy atom. The van der Waals surface area contributed by atoms with E-state index in [4.69, 9.17) is 4.74 Å². The number of nitrogens with one attached hydrogen (secondary N) is 1. The summed E-state index contributed by atoms with van der Waals surface area (Å²) in [5.74, 6) is 0.689. The van der Waals surface area contributed by atoms with Gasteiger partial charge in [0, 0.05) is 31.7 Å². The average Bonchev–Trinajstić information content (AvgIpc) is 2.67. The van der Waals surface area contributed by atoms with Crippen molar-refractivity contribution in [2.75, 3.05) is 19.6 Å². The van der Waals surface area contributed by atoms with E-state index in [1.54, 1.807) is 0 Å². The molecule has 0 spiro atoms. The lowest BCUT2D eigenvalue weighted by atomic mass is 9.82. The number of hydrogen-bond acceptors (Lipinski definition) is 3. The average molecular weight is 296 g/mol. The van der Waals surface area contributed by atoms with E-state index < -0.39 is 0 Å². The normalized spacial score (nSPS) is 34.6. The molecule has 2 fully saturated rings. The van der Waals surface area contributed by atoms with E-state index in [-0.39, 0.29) is 5.60 Å². The van der Waals surface area contributed by atoms with Crippen LogP contribution in [0.4, 0.5) is 0 Å². The Hall–Kier alpha value is -0.120. The van der Waals surface area contributed by atoms with Crippen molar-refractivity contribution < 1.29 is 4.74 Å². The summed E-state index contributed by atoms with van der Waals surface area (Å²) in [4.78, 5) is 2.70. The van der Waals surface area contributed by atoms with Crippen molar-refractivity contribution in [2.24, 2.45) is 11.3 Å². The number of nitrogens with zero attached hydrogens (tertiary/aromatic N) is 1. The van der Waals surface area contributed by atoms with Gasteiger partial charge >= 0.3 is 0 Å². The molecule has 2 aliphatic rings. The summed E-state index contributed by atoms with van der Waals surface area (Å²) in [5.41, 5.74) is 0.385. The Balaban J connectivity index is 2.03. The topological polar surface area (TPSA) is 24.5 Å². The summed E-state index contributed by atoms with van der Waals surface area (Å²) in [6.07, 6.45) is 2.81. The Labute approximate surface area is 131 Å². The second kappa shape index (κ2) is 6.17. The van der Waals surface area contributed by atoms with Crippen molar-refractivity contribution >= 4 is 0 Å². The van der Waals surface area contributed by atoms with Crippen LogP contribution < -0.4 is 5.32 Å². The lowest BCUT2D eigenvalue weighted by molar-refractivity contribution is -0.0501. The van der Waals surface area contributed by atoms with E-state index in [2.05, 4.69) is 58.7 Å². The summed E-state index contributed by atoms with van der Waals surface area (Å²) in [5, 5.41) is 3.76. The molecule has 2 heterocycles. The maximum atomic E-state index is 6.25. The number of hydrogen-bond donors (Lipinski definition) is 1. The van der Waals surface area contributed by atoms with Gasteiger partial charge in [0.1, 0.15) is 0 Å². The SMILES string of the molecule is CC(C)C1CN(CC2CCC(C)(C)O2)C(C(C)(C)C)CN1. The highest BCUT2D eigenvalue weighted by Crippen LogP contribution is 2.33. The molecule has 3 atom stereocenters. The first-order chi connectivity index (χ1) is 9.58. The van der Waals surface area contributed by atoms with Gasteiger partial charge in [-0.2, -0.15) is 0 Å². The van der Waals surface area contributed by atoms with Crippen LogP contribution in [-0.2, 0) is 4.74 Å². The fourth-order valence-electron chi connectivity index (χ4n) is 3.81. The summed E-state index contributed by atoms with van der Waals surface area (Å²) in [6, 6.07) is 1.21. The largest absolute Gasteiger partial charge is 0.371 e. The minimum absolute atomic E-state index is 0.0768. The monoisotopic (exact) mass is 296 g/mol. The molecule has 0 amide bonds. The first kappa shape index (κ1) is 17.2. The number of piperazine rings is 1. The van der Waals surface area contributed by atoms with Gasteiger partial charge in [0.25, 0.3) is 0 Å². The molecule has 3 heteroatoms. The van der Waals surface area contributed by atoms with Crippen LogP contribution in [0.15, 0.2) is 0 Å². The van der Waals surface area contributed by atoms with Gasteiger partial charge in [0.05, 0.1) is 11.7 Å². The van der Waals surface area contributed by atoms with Crippen molar-refractivity contribution in [3.63, 3.8) is 0 Å². The first-order valence-electron chi connectivity index (χ1n) is 8.74. The van der Waals surface area contributed by atoms with Gasteiger partial charge in [0.2, 0.25) is 0 Å². The minimum atomic E-state index is 0.0768. The fourth-order valence-corrected chi connectivity index (χ4v) is 3.81. The van der Waals surface area contributed by atoms with Crippen LogP contribution in [0.1, 0.15) is 61.3 Å². The van der Waals surface area contributed by atoms with Crippen molar-refractivity contribution in [1.82, 2.24) is 10.2 Å². The highest BCUT2D eigenvalue weighted by atomic mass is 16.5. The number of rotatable bonds is 3. The lowest BCUT2D eigenvalue weighted by Crippen LogP contribution is -2.62. The third-order valence-electron chi connectivity index (χ3n) is 5.24. The molecule has 0 aromatic carbocycles. The van der Waals surface area contributed by atoms with Gasteiger partial charge in [-0.25, -0.2) is 0 Å². The lowest BCUT2D eigenvalue weighted by Gasteiger charge is -2.48. The molecule has 0 bridgehead atoms. The Bertz CT molecular complexity index is 346. The molecular weight excluding hydrogens is 260 g/mol. The summed E-state index contributed by atoms with van der Waals surface area (Å²) in [7, 11) is 0. The van der Waals surface area contributed by atoms with Crippen LogP contribution in [0.25, 0.3) is 0 Å². The molecule has 21 heavy (non-hydrogen) atoms. The van der Waals surface area contributed by atoms with E-state index in [9.17, 15) is 0 Å². The molecule has 1 N–H and O–H groups in total. The molecular formula is C18H36N2O. The van der Waals surface area contributed by atoms with Crippen molar-refractivity contribution in [3.05, 3.63) is 0 Å². The fraction of sp³-hybridized carbons (Fsp3) is 1.00. The molecule has 0 saturated carbocycles. The van der Waals surface area contributed by atoms with Gasteiger partial charge in [-0.05, 0) is 38.0 Å². The maximum Gasteiger partial charge on any atom is 0.0710 e. The van der Waals surface area contributed by atoms with E-state index in [1.807, 2.05) is 0 Å². The first-order valence-corrected chi connectivity index (χ1v) is 8.74. The zero-order valence-electron chi connectivity index (χ0n) is 15.2. The van der Waals surface area contributed by atoms with Crippen LogP contribution in [0.5, 0.6) is 0 Å². The summed E-state index contributed by atoms with van der Waals surface area (Å²) < 4.78 is 6.25. The summed E-state index contributed by atoms with van der Waals surface area (Å²) in [6.45, 7) is 19.5. The molecule has 0 aromatic heterocycles. The predicted octanol–water partition coefficient (Wildman–Crippen LogP) is 3.29. The minimum Gasteiger partial charge on any atom is -0.371 e. The molecule has 2 rings (SSSR count). The van der Waals surface area contributed by atoms with E-state index in [0.717, 1.165) is 19.6 Å². The quantitative estimate of drug-likeness (QED) is 0.865. The summed E-state index contributed by atoms with van der Waals surface area (Å²) >= 11 is 0. The van der Waals surface area contributed by atoms with Gasteiger partial charge < -0.3 is 10.1 Å². The molecule has 0 aliphatic carbocycles. The molecule has 0 radical (unpaired) electrons. The highest BCUT2D eigenvalue weighted by Gasteiger charge is 2.39. The van der Waals surface area contributed by atoms with E-state index >= 15 is 0 Å². The zero-order chi connectivity index (χ0) is 15.8. The molecule has 3 unspecified atom stereocenters. The van der Waals surface area contributed by atoms with E-state index in [1.165, 1.54) is 12.8 Å². The maximum absolute atomic E-state index is 6.25. The highest BCUT2D eigenvalue weighted by molar-refractivity contribution is 4.95. The van der Waals surface area contributed by atoms with Crippen molar-refractivity contribution in [3.8, 4) is 0 Å². The Morgan fingerprint density at radius 3 is 2.43 bits per heavy atom. The zero-order valence-corrected chi connectivity index (χ0v) is 15.2. The molecule has 3 nitrogen and oxygen atoms in total. The van der Waals surface area contributed by atoms with Crippen LogP contribution in [0, 0.1) is 11.3 Å². The second-order valence-electron chi connectivity index (χ2n) is 9.13. The van der Waals surface area contributed by atoms with Gasteiger partial charge in [-0.1, -0.05) is 34.6 Å². The standard InChI is InChI=1S/C18H36N2O/c1-13(2)15-12-20(16(10-19-15)17(3,4)5)11-14-8-9-18(6,7)21-14/h13-16,19H,8-12H2,1-7H3. The predicted molar refractivity (Wildman–Crippen MR) is 89.6 cm³/mol. The van der Waals surface area contributed by atoms with Gasteiger partial charge in [0.15, 0.2) is 0 Å². The molecule has 0 aromatic rings. The van der Waals surface area contributed by atoms with Gasteiger partial charge in [-0.3, -0.25) is 4.90 Å². The van der Waals surface area contributed by atoms with E-state index in [0.29, 0.717) is 29.5 Å². The van der Waals surface area contributed by atoms with Crippen molar-refractivity contribution in [2.45, 2.75) is 85.1 Å². The molecule has 2 saturated heterocycles. The smallest absolute Gasteiger partial charge is 0.0710 e. The third-order valence-corrected chi connectivity index (χ3v) is 5.24. The van der Waals surface area contributed by atoms with Crippen LogP contribution in [0.3, 0.4) is 0 Å². The van der Waals surface area contributed by atoms with Gasteiger partial charge in [-0.15, -0.1) is 0 Å². The molecule has 124 valence electrons. The number of ether oxygens (including phenoxy) is 1. The Kier molecular flexibility index (Phi) is 5.07.